The molecule has 0 spiro atoms. The highest BCUT2D eigenvalue weighted by atomic mass is 35.5. The van der Waals surface area contributed by atoms with Crippen molar-refractivity contribution in [1.82, 2.24) is 4.98 Å². The van der Waals surface area contributed by atoms with Gasteiger partial charge in [0.05, 0.1) is 0 Å². The molecule has 0 unspecified atom stereocenters. The van der Waals surface area contributed by atoms with Crippen molar-refractivity contribution in [3.8, 4) is 12.3 Å². The first-order chi connectivity index (χ1) is 6.29. The molecule has 62 valence electrons. The van der Waals surface area contributed by atoms with Crippen LogP contribution in [0.3, 0.4) is 0 Å². The number of halogens is 1. The van der Waals surface area contributed by atoms with Crippen molar-refractivity contribution in [2.24, 2.45) is 0 Å². The highest BCUT2D eigenvalue weighted by Crippen LogP contribution is 2.17. The molecule has 0 saturated carbocycles. The number of benzene rings is 1. The van der Waals surface area contributed by atoms with Gasteiger partial charge in [-0.2, -0.15) is 0 Å². The van der Waals surface area contributed by atoms with Crippen LogP contribution in [0.1, 0.15) is 5.56 Å². The van der Waals surface area contributed by atoms with Crippen LogP contribution in [0.5, 0.6) is 0 Å². The van der Waals surface area contributed by atoms with Crippen LogP contribution in [-0.2, 0) is 0 Å². The second-order valence-corrected chi connectivity index (χ2v) is 3.10. The number of hydrogen-bond acceptors (Lipinski definition) is 1. The lowest BCUT2D eigenvalue weighted by Crippen LogP contribution is -1.79. The molecule has 1 aromatic carbocycles. The molecule has 1 heterocycles. The molecule has 0 aliphatic carbocycles. The predicted octanol–water partition coefficient (Wildman–Crippen LogP) is 2.87. The van der Waals surface area contributed by atoms with Crippen LogP contribution < -0.4 is 0 Å². The van der Waals surface area contributed by atoms with Gasteiger partial charge in [-0.05, 0) is 23.6 Å². The third kappa shape index (κ3) is 1.49. The van der Waals surface area contributed by atoms with Crippen LogP contribution in [-0.4, -0.2) is 4.98 Å². The predicted molar refractivity (Wildman–Crippen MR) is 54.7 cm³/mol. The van der Waals surface area contributed by atoms with Crippen LogP contribution in [0.15, 0.2) is 30.5 Å². The maximum Gasteiger partial charge on any atom is 0.129 e. The average Bonchev–Trinajstić information content (AvgIpc) is 2.16. The normalized spacial score (nSPS) is 9.85. The van der Waals surface area contributed by atoms with Gasteiger partial charge < -0.3 is 0 Å². The maximum atomic E-state index is 5.75. The van der Waals surface area contributed by atoms with Crippen LogP contribution in [0.25, 0.3) is 10.8 Å². The first-order valence-electron chi connectivity index (χ1n) is 3.81. The third-order valence-electron chi connectivity index (χ3n) is 1.86. The Morgan fingerprint density at radius 1 is 1.23 bits per heavy atom. The summed E-state index contributed by atoms with van der Waals surface area (Å²) in [6.45, 7) is 0. The number of terminal acetylenes is 1. The summed E-state index contributed by atoms with van der Waals surface area (Å²) in [6.07, 6.45) is 7.01. The molecule has 0 fully saturated rings. The SMILES string of the molecule is C#Cc1ccc2cnc(Cl)cc2c1. The number of aromatic nitrogens is 1. The highest BCUT2D eigenvalue weighted by molar-refractivity contribution is 6.30. The summed E-state index contributed by atoms with van der Waals surface area (Å²) in [6, 6.07) is 7.55. The summed E-state index contributed by atoms with van der Waals surface area (Å²) < 4.78 is 0. The molecular formula is C11H6ClN. The van der Waals surface area contributed by atoms with Gasteiger partial charge in [0.1, 0.15) is 5.15 Å². The summed E-state index contributed by atoms with van der Waals surface area (Å²) in [5.74, 6) is 2.58. The number of nitrogens with zero attached hydrogens (tertiary/aromatic N) is 1. The van der Waals surface area contributed by atoms with Crippen molar-refractivity contribution in [1.29, 1.82) is 0 Å². The molecule has 0 aliphatic rings. The van der Waals surface area contributed by atoms with E-state index in [4.69, 9.17) is 18.0 Å². The van der Waals surface area contributed by atoms with Gasteiger partial charge in [0.25, 0.3) is 0 Å². The Bertz CT molecular complexity index is 497. The highest BCUT2D eigenvalue weighted by Gasteiger charge is 1.96. The van der Waals surface area contributed by atoms with Crippen molar-refractivity contribution in [2.75, 3.05) is 0 Å². The second kappa shape index (κ2) is 3.08. The van der Waals surface area contributed by atoms with Gasteiger partial charge in [-0.25, -0.2) is 4.98 Å². The van der Waals surface area contributed by atoms with E-state index in [1.54, 1.807) is 12.3 Å². The Morgan fingerprint density at radius 3 is 2.85 bits per heavy atom. The largest absolute Gasteiger partial charge is 0.244 e. The Labute approximate surface area is 81.4 Å². The van der Waals surface area contributed by atoms with Crippen LogP contribution in [0.4, 0.5) is 0 Å². The van der Waals surface area contributed by atoms with Gasteiger partial charge in [-0.3, -0.25) is 0 Å². The summed E-state index contributed by atoms with van der Waals surface area (Å²) in [5.41, 5.74) is 0.856. The molecule has 0 aliphatic heterocycles. The Balaban J connectivity index is 2.77. The lowest BCUT2D eigenvalue weighted by molar-refractivity contribution is 1.36. The summed E-state index contributed by atoms with van der Waals surface area (Å²) in [5, 5.41) is 2.56. The van der Waals surface area contributed by atoms with E-state index >= 15 is 0 Å². The van der Waals surface area contributed by atoms with Gasteiger partial charge in [-0.1, -0.05) is 23.6 Å². The molecular weight excluding hydrogens is 182 g/mol. The number of fused-ring (bicyclic) bond motifs is 1. The molecule has 0 N–H and O–H groups in total. The van der Waals surface area contributed by atoms with Crippen molar-refractivity contribution in [3.63, 3.8) is 0 Å². The minimum absolute atomic E-state index is 0.488. The summed E-state index contributed by atoms with van der Waals surface area (Å²) in [7, 11) is 0. The zero-order chi connectivity index (χ0) is 9.26. The van der Waals surface area contributed by atoms with E-state index in [9.17, 15) is 0 Å². The van der Waals surface area contributed by atoms with Crippen molar-refractivity contribution in [2.45, 2.75) is 0 Å². The van der Waals surface area contributed by atoms with E-state index in [-0.39, 0.29) is 0 Å². The summed E-state index contributed by atoms with van der Waals surface area (Å²) in [4.78, 5) is 3.98. The molecule has 0 saturated heterocycles. The molecule has 1 nitrogen and oxygen atoms in total. The van der Waals surface area contributed by atoms with Gasteiger partial charge in [0.2, 0.25) is 0 Å². The van der Waals surface area contributed by atoms with Gasteiger partial charge in [0.15, 0.2) is 0 Å². The lowest BCUT2D eigenvalue weighted by atomic mass is 10.1. The molecule has 2 rings (SSSR count). The molecule has 2 heteroatoms. The van der Waals surface area contributed by atoms with Crippen LogP contribution >= 0.6 is 11.6 Å². The summed E-state index contributed by atoms with van der Waals surface area (Å²) >= 11 is 5.75. The van der Waals surface area contributed by atoms with E-state index in [2.05, 4.69) is 10.9 Å². The molecule has 1 aromatic heterocycles. The minimum atomic E-state index is 0.488. The third-order valence-corrected chi connectivity index (χ3v) is 2.06. The first-order valence-corrected chi connectivity index (χ1v) is 4.19. The van der Waals surface area contributed by atoms with Gasteiger partial charge >= 0.3 is 0 Å². The Kier molecular flexibility index (Phi) is 1.92. The lowest BCUT2D eigenvalue weighted by Gasteiger charge is -1.97. The molecule has 2 aromatic rings. The molecule has 0 radical (unpaired) electrons. The molecule has 0 amide bonds. The number of hydrogen-bond donors (Lipinski definition) is 0. The monoisotopic (exact) mass is 187 g/mol. The fourth-order valence-electron chi connectivity index (χ4n) is 1.20. The molecule has 13 heavy (non-hydrogen) atoms. The smallest absolute Gasteiger partial charge is 0.129 e. The average molecular weight is 188 g/mol. The number of pyridine rings is 1. The number of rotatable bonds is 0. The minimum Gasteiger partial charge on any atom is -0.244 e. The second-order valence-electron chi connectivity index (χ2n) is 2.71. The van der Waals surface area contributed by atoms with Crippen molar-refractivity contribution < 1.29 is 0 Å². The van der Waals surface area contributed by atoms with E-state index in [1.807, 2.05) is 18.2 Å². The first kappa shape index (κ1) is 8.10. The van der Waals surface area contributed by atoms with E-state index < -0.39 is 0 Å². The quantitative estimate of drug-likeness (QED) is 0.457. The fraction of sp³-hybridized carbons (Fsp3) is 0. The van der Waals surface area contributed by atoms with Crippen molar-refractivity contribution >= 4 is 22.4 Å². The van der Waals surface area contributed by atoms with Crippen LogP contribution in [0, 0.1) is 12.3 Å². The van der Waals surface area contributed by atoms with E-state index in [0.29, 0.717) is 5.15 Å². The van der Waals surface area contributed by atoms with Crippen molar-refractivity contribution in [3.05, 3.63) is 41.2 Å². The molecule has 0 atom stereocenters. The van der Waals surface area contributed by atoms with Crippen LogP contribution in [0.2, 0.25) is 5.15 Å². The Hall–Kier alpha value is -1.52. The van der Waals surface area contributed by atoms with E-state index in [1.165, 1.54) is 0 Å². The standard InChI is InChI=1S/C11H6ClN/c1-2-8-3-4-9-7-13-11(12)6-10(9)5-8/h1,3-7H. The van der Waals surface area contributed by atoms with Gasteiger partial charge in [0, 0.05) is 17.1 Å². The zero-order valence-electron chi connectivity index (χ0n) is 6.79. The maximum absolute atomic E-state index is 5.75. The molecule has 0 bridgehead atoms. The Morgan fingerprint density at radius 2 is 2.08 bits per heavy atom. The fourth-order valence-corrected chi connectivity index (χ4v) is 1.37. The van der Waals surface area contributed by atoms with E-state index in [0.717, 1.165) is 16.3 Å². The topological polar surface area (TPSA) is 12.9 Å². The zero-order valence-corrected chi connectivity index (χ0v) is 7.55. The van der Waals surface area contributed by atoms with Gasteiger partial charge in [-0.15, -0.1) is 6.42 Å².